The first-order valence-corrected chi connectivity index (χ1v) is 17.5. The number of nitrogens with one attached hydrogen (secondary N) is 4. The van der Waals surface area contributed by atoms with Crippen LogP contribution in [0.2, 0.25) is 0 Å². The smallest absolute Gasteiger partial charge is 0.255 e. The highest BCUT2D eigenvalue weighted by atomic mass is 35.5. The number of benzene rings is 3. The molecule has 0 atom stereocenters. The molecular weight excluding hydrogens is 668 g/mol. The van der Waals surface area contributed by atoms with Gasteiger partial charge in [0.25, 0.3) is 11.8 Å². The van der Waals surface area contributed by atoms with Gasteiger partial charge in [-0.3, -0.25) is 29.4 Å². The van der Waals surface area contributed by atoms with Gasteiger partial charge in [-0.15, -0.1) is 12.4 Å². The van der Waals surface area contributed by atoms with Crippen LogP contribution in [-0.4, -0.2) is 126 Å². The molecule has 0 radical (unpaired) electrons. The van der Waals surface area contributed by atoms with E-state index in [2.05, 4.69) is 41.1 Å². The summed E-state index contributed by atoms with van der Waals surface area (Å²) in [5, 5.41) is 12.7. The molecule has 2 amide bonds. The summed E-state index contributed by atoms with van der Waals surface area (Å²) in [4.78, 5) is 39.6. The van der Waals surface area contributed by atoms with Gasteiger partial charge in [0.1, 0.15) is 11.7 Å². The molecule has 3 aromatic rings. The Hall–Kier alpha value is -4.33. The second-order valence-electron chi connectivity index (χ2n) is 12.3. The lowest BCUT2D eigenvalue weighted by atomic mass is 10.1. The van der Waals surface area contributed by atoms with Crippen molar-refractivity contribution in [1.29, 1.82) is 0 Å². The Bertz CT molecular complexity index is 1450. The van der Waals surface area contributed by atoms with Gasteiger partial charge < -0.3 is 30.7 Å². The summed E-state index contributed by atoms with van der Waals surface area (Å²) in [5.41, 5.74) is 4.16. The van der Waals surface area contributed by atoms with E-state index in [1.807, 2.05) is 48.5 Å². The molecule has 0 spiro atoms. The van der Waals surface area contributed by atoms with E-state index >= 15 is 0 Å². The summed E-state index contributed by atoms with van der Waals surface area (Å²) in [7, 11) is 3.54. The summed E-state index contributed by atoms with van der Waals surface area (Å²) in [6.45, 7) is 10.9. The number of amidine groups is 2. The maximum atomic E-state index is 13.0. The molecule has 13 heteroatoms. The normalized spacial score (nSPS) is 15.8. The monoisotopic (exact) mass is 718 g/mol. The van der Waals surface area contributed by atoms with Gasteiger partial charge >= 0.3 is 0 Å². The molecule has 51 heavy (non-hydrogen) atoms. The van der Waals surface area contributed by atoms with Crippen molar-refractivity contribution in [3.63, 3.8) is 0 Å². The van der Waals surface area contributed by atoms with Crippen LogP contribution < -0.4 is 21.3 Å². The Morgan fingerprint density at radius 3 is 1.24 bits per heavy atom. The Morgan fingerprint density at radius 2 is 0.902 bits per heavy atom. The van der Waals surface area contributed by atoms with Crippen LogP contribution in [0, 0.1) is 0 Å². The van der Waals surface area contributed by atoms with Crippen molar-refractivity contribution in [3.8, 4) is 0 Å². The van der Waals surface area contributed by atoms with Gasteiger partial charge in [0.2, 0.25) is 0 Å². The number of rotatable bonds is 14. The number of morpholine rings is 2. The van der Waals surface area contributed by atoms with Gasteiger partial charge in [-0.05, 0) is 98.7 Å². The van der Waals surface area contributed by atoms with E-state index in [1.165, 1.54) is 0 Å². The Morgan fingerprint density at radius 1 is 0.569 bits per heavy atom. The molecule has 2 saturated heterocycles. The van der Waals surface area contributed by atoms with Crippen LogP contribution in [0.25, 0.3) is 0 Å². The van der Waals surface area contributed by atoms with Gasteiger partial charge in [0.15, 0.2) is 0 Å². The molecule has 4 N–H and O–H groups in total. The topological polar surface area (TPSA) is 132 Å². The zero-order valence-electron chi connectivity index (χ0n) is 29.7. The predicted molar refractivity (Wildman–Crippen MR) is 207 cm³/mol. The van der Waals surface area contributed by atoms with E-state index in [4.69, 9.17) is 9.47 Å². The fourth-order valence-electron chi connectivity index (χ4n) is 5.89. The Kier molecular flexibility index (Phi) is 16.3. The maximum absolute atomic E-state index is 13.0. The second kappa shape index (κ2) is 21.1. The van der Waals surface area contributed by atoms with E-state index in [0.29, 0.717) is 22.5 Å². The molecule has 2 aliphatic heterocycles. The van der Waals surface area contributed by atoms with Crippen LogP contribution in [0.1, 0.15) is 44.7 Å². The summed E-state index contributed by atoms with van der Waals surface area (Å²) in [5.74, 6) is 1.12. The molecule has 2 aliphatic rings. The van der Waals surface area contributed by atoms with Crippen molar-refractivity contribution in [3.05, 3.63) is 95.1 Å². The maximum Gasteiger partial charge on any atom is 0.255 e. The lowest BCUT2D eigenvalue weighted by Gasteiger charge is -2.26. The van der Waals surface area contributed by atoms with Crippen LogP contribution in [0.15, 0.2) is 82.8 Å². The second-order valence-corrected chi connectivity index (χ2v) is 12.3. The fourth-order valence-corrected chi connectivity index (χ4v) is 5.89. The molecule has 0 bridgehead atoms. The van der Waals surface area contributed by atoms with E-state index in [1.54, 1.807) is 38.4 Å². The first-order valence-electron chi connectivity index (χ1n) is 17.5. The Balaban J connectivity index is 0.00000583. The van der Waals surface area contributed by atoms with Crippen LogP contribution in [0.5, 0.6) is 0 Å². The number of aliphatic imine (C=N–C) groups is 2. The fraction of sp³-hybridized carbons (Fsp3) is 0.421. The van der Waals surface area contributed by atoms with Crippen LogP contribution in [0.4, 0.5) is 11.4 Å². The molecule has 274 valence electrons. The summed E-state index contributed by atoms with van der Waals surface area (Å²) in [6, 6.07) is 21.8. The van der Waals surface area contributed by atoms with Crippen LogP contribution in [0.3, 0.4) is 0 Å². The summed E-state index contributed by atoms with van der Waals surface area (Å²) < 4.78 is 10.8. The molecular formula is C38H51ClN8O4. The third kappa shape index (κ3) is 12.4. The van der Waals surface area contributed by atoms with Crippen molar-refractivity contribution in [1.82, 2.24) is 20.4 Å². The van der Waals surface area contributed by atoms with E-state index in [-0.39, 0.29) is 24.2 Å². The summed E-state index contributed by atoms with van der Waals surface area (Å²) >= 11 is 0. The standard InChI is InChI=1S/C38H50N8O4.ClH/c1-39-35(41-17-3-19-45-21-25-49-26-22-45)29-9-13-33(14-10-29)43-37(47)31-5-7-32(8-6-31)38(48)44-34-15-11-30(12-16-34)36(40-2)42-18-4-20-46-23-27-50-28-24-46;/h5-16H,3-4,17-28H2,1-2H3,(H,39,41)(H,40,42)(H,43,47)(H,44,48);1H. The molecule has 0 saturated carbocycles. The minimum absolute atomic E-state index is 0. The average molecular weight is 719 g/mol. The zero-order chi connectivity index (χ0) is 35.0. The van der Waals surface area contributed by atoms with Gasteiger partial charge in [0.05, 0.1) is 26.4 Å². The van der Waals surface area contributed by atoms with Gasteiger partial charge in [-0.1, -0.05) is 0 Å². The highest BCUT2D eigenvalue weighted by Crippen LogP contribution is 2.15. The number of hydrogen-bond acceptors (Lipinski definition) is 8. The SMILES string of the molecule is CN=C(NCCCN1CCOCC1)c1ccc(NC(=O)c2ccc(C(=O)Nc3ccc(C(=NC)NCCCN4CCOCC4)cc3)cc2)cc1.Cl. The van der Waals surface area contributed by atoms with E-state index in [9.17, 15) is 9.59 Å². The number of carbonyl (C=O) groups excluding carboxylic acids is 2. The molecule has 0 aliphatic carbocycles. The molecule has 0 aromatic heterocycles. The van der Waals surface area contributed by atoms with Crippen LogP contribution >= 0.6 is 12.4 Å². The Labute approximate surface area is 307 Å². The zero-order valence-corrected chi connectivity index (χ0v) is 30.5. The number of halogens is 1. The third-order valence-electron chi connectivity index (χ3n) is 8.78. The summed E-state index contributed by atoms with van der Waals surface area (Å²) in [6.07, 6.45) is 2.04. The predicted octanol–water partition coefficient (Wildman–Crippen LogP) is 3.99. The lowest BCUT2D eigenvalue weighted by Crippen LogP contribution is -2.38. The molecule has 12 nitrogen and oxygen atoms in total. The van der Waals surface area contributed by atoms with Gasteiger partial charge in [0, 0.05) is 87.0 Å². The first-order chi connectivity index (χ1) is 24.5. The minimum Gasteiger partial charge on any atom is -0.379 e. The third-order valence-corrected chi connectivity index (χ3v) is 8.78. The van der Waals surface area contributed by atoms with Gasteiger partial charge in [-0.2, -0.15) is 0 Å². The van der Waals surface area contributed by atoms with Crippen molar-refractivity contribution in [2.45, 2.75) is 12.8 Å². The van der Waals surface area contributed by atoms with Crippen molar-refractivity contribution < 1.29 is 19.1 Å². The number of carbonyl (C=O) groups is 2. The van der Waals surface area contributed by atoms with E-state index in [0.717, 1.165) is 114 Å². The number of hydrogen-bond donors (Lipinski definition) is 4. The quantitative estimate of drug-likeness (QED) is 0.112. The van der Waals surface area contributed by atoms with Crippen molar-refractivity contribution in [2.75, 3.05) is 104 Å². The van der Waals surface area contributed by atoms with Crippen LogP contribution in [-0.2, 0) is 9.47 Å². The van der Waals surface area contributed by atoms with Crippen molar-refractivity contribution in [2.24, 2.45) is 9.98 Å². The number of nitrogens with zero attached hydrogens (tertiary/aromatic N) is 4. The largest absolute Gasteiger partial charge is 0.379 e. The van der Waals surface area contributed by atoms with E-state index < -0.39 is 0 Å². The molecule has 2 fully saturated rings. The minimum atomic E-state index is -0.256. The lowest BCUT2D eigenvalue weighted by molar-refractivity contribution is 0.0375. The molecule has 2 heterocycles. The molecule has 3 aromatic carbocycles. The number of anilines is 2. The molecule has 5 rings (SSSR count). The highest BCUT2D eigenvalue weighted by molar-refractivity contribution is 6.07. The number of ether oxygens (including phenoxy) is 2. The van der Waals surface area contributed by atoms with Crippen molar-refractivity contribution >= 4 is 47.3 Å². The molecule has 0 unspecified atom stereocenters. The first kappa shape index (κ1) is 39.5. The highest BCUT2D eigenvalue weighted by Gasteiger charge is 2.13. The van der Waals surface area contributed by atoms with Gasteiger partial charge in [-0.25, -0.2) is 0 Å². The number of amides is 2. The average Bonchev–Trinajstić information content (AvgIpc) is 3.16.